The van der Waals surface area contributed by atoms with Crippen LogP contribution in [0.25, 0.3) is 0 Å². The summed E-state index contributed by atoms with van der Waals surface area (Å²) < 4.78 is 0. The third-order valence-corrected chi connectivity index (χ3v) is 5.77. The summed E-state index contributed by atoms with van der Waals surface area (Å²) >= 11 is 1.89. The van der Waals surface area contributed by atoms with E-state index in [1.165, 1.54) is 41.3 Å². The fourth-order valence-electron chi connectivity index (χ4n) is 2.64. The Morgan fingerprint density at radius 2 is 2.05 bits per heavy atom. The van der Waals surface area contributed by atoms with E-state index in [2.05, 4.69) is 39.9 Å². The molecule has 0 bridgehead atoms. The van der Waals surface area contributed by atoms with Crippen LogP contribution in [0.1, 0.15) is 68.5 Å². The molecule has 0 saturated heterocycles. The number of nitrogens with zero attached hydrogens (tertiary/aromatic N) is 1. The summed E-state index contributed by atoms with van der Waals surface area (Å²) in [5.74, 6) is 0.746. The highest BCUT2D eigenvalue weighted by molar-refractivity contribution is 7.11. The highest BCUT2D eigenvalue weighted by Gasteiger charge is 2.39. The third-order valence-electron chi connectivity index (χ3n) is 4.49. The van der Waals surface area contributed by atoms with E-state index in [9.17, 15) is 0 Å². The van der Waals surface area contributed by atoms with Crippen molar-refractivity contribution in [1.82, 2.24) is 10.3 Å². The number of rotatable bonds is 7. The van der Waals surface area contributed by atoms with Gasteiger partial charge in [0.15, 0.2) is 0 Å². The molecule has 108 valence electrons. The summed E-state index contributed by atoms with van der Waals surface area (Å²) in [7, 11) is 0. The van der Waals surface area contributed by atoms with Crippen molar-refractivity contribution in [2.45, 2.75) is 78.3 Å². The van der Waals surface area contributed by atoms with E-state index in [-0.39, 0.29) is 5.54 Å². The fraction of sp³-hybridized carbons (Fsp3) is 0.812. The Kier molecular flexibility index (Phi) is 4.67. The lowest BCUT2D eigenvalue weighted by Gasteiger charge is -2.34. The average molecular weight is 280 g/mol. The Morgan fingerprint density at radius 3 is 2.47 bits per heavy atom. The Morgan fingerprint density at radius 1 is 1.37 bits per heavy atom. The molecule has 19 heavy (non-hydrogen) atoms. The van der Waals surface area contributed by atoms with Crippen LogP contribution in [0.4, 0.5) is 0 Å². The monoisotopic (exact) mass is 280 g/mol. The zero-order valence-corrected chi connectivity index (χ0v) is 13.9. The van der Waals surface area contributed by atoms with Gasteiger partial charge in [-0.15, -0.1) is 11.3 Å². The maximum Gasteiger partial charge on any atom is 0.113 e. The molecular weight excluding hydrogens is 252 g/mol. The first-order valence-electron chi connectivity index (χ1n) is 7.73. The first-order chi connectivity index (χ1) is 9.00. The van der Waals surface area contributed by atoms with Crippen LogP contribution < -0.4 is 5.32 Å². The van der Waals surface area contributed by atoms with Gasteiger partial charge in [0.1, 0.15) is 5.01 Å². The van der Waals surface area contributed by atoms with Crippen molar-refractivity contribution in [3.63, 3.8) is 0 Å². The van der Waals surface area contributed by atoms with E-state index in [4.69, 9.17) is 4.98 Å². The molecule has 1 aromatic rings. The SMILES string of the molecule is CCC(C)CC(CC)(NC1CC1)c1nc(C)c(C)s1. The Hall–Kier alpha value is -0.410. The molecule has 1 aliphatic carbocycles. The topological polar surface area (TPSA) is 24.9 Å². The summed E-state index contributed by atoms with van der Waals surface area (Å²) in [5, 5.41) is 5.24. The van der Waals surface area contributed by atoms with E-state index >= 15 is 0 Å². The summed E-state index contributed by atoms with van der Waals surface area (Å²) in [5.41, 5.74) is 1.32. The Labute approximate surface area is 122 Å². The van der Waals surface area contributed by atoms with Crippen molar-refractivity contribution >= 4 is 11.3 Å². The molecule has 1 aliphatic rings. The Balaban J connectivity index is 2.29. The molecule has 0 radical (unpaired) electrons. The molecule has 3 heteroatoms. The molecular formula is C16H28N2S. The smallest absolute Gasteiger partial charge is 0.113 e. The van der Waals surface area contributed by atoms with Gasteiger partial charge in [-0.2, -0.15) is 0 Å². The van der Waals surface area contributed by atoms with Gasteiger partial charge in [-0.25, -0.2) is 4.98 Å². The normalized spacial score (nSPS) is 20.3. The van der Waals surface area contributed by atoms with Crippen molar-refractivity contribution in [3.05, 3.63) is 15.6 Å². The molecule has 0 amide bonds. The van der Waals surface area contributed by atoms with Gasteiger partial charge < -0.3 is 5.32 Å². The lowest BCUT2D eigenvalue weighted by molar-refractivity contribution is 0.246. The second-order valence-electron chi connectivity index (χ2n) is 6.23. The number of aryl methyl sites for hydroxylation is 2. The van der Waals surface area contributed by atoms with Crippen LogP contribution in [0.15, 0.2) is 0 Å². The molecule has 1 fully saturated rings. The summed E-state index contributed by atoms with van der Waals surface area (Å²) in [4.78, 5) is 6.25. The molecule has 1 saturated carbocycles. The van der Waals surface area contributed by atoms with Crippen molar-refractivity contribution in [2.75, 3.05) is 0 Å². The molecule has 1 aromatic heterocycles. The molecule has 1 heterocycles. The van der Waals surface area contributed by atoms with E-state index in [0.717, 1.165) is 18.4 Å². The molecule has 2 atom stereocenters. The van der Waals surface area contributed by atoms with E-state index in [1.807, 2.05) is 11.3 Å². The van der Waals surface area contributed by atoms with Gasteiger partial charge in [0.05, 0.1) is 11.2 Å². The summed E-state index contributed by atoms with van der Waals surface area (Å²) in [6, 6.07) is 0.730. The van der Waals surface area contributed by atoms with Crippen LogP contribution in [-0.4, -0.2) is 11.0 Å². The summed E-state index contributed by atoms with van der Waals surface area (Å²) in [6.07, 6.45) is 6.28. The van der Waals surface area contributed by atoms with Crippen molar-refractivity contribution < 1.29 is 0 Å². The van der Waals surface area contributed by atoms with Gasteiger partial charge in [-0.1, -0.05) is 27.2 Å². The van der Waals surface area contributed by atoms with Crippen LogP contribution in [-0.2, 0) is 5.54 Å². The molecule has 2 rings (SSSR count). The molecule has 2 unspecified atom stereocenters. The minimum atomic E-state index is 0.111. The summed E-state index contributed by atoms with van der Waals surface area (Å²) in [6.45, 7) is 11.3. The quantitative estimate of drug-likeness (QED) is 0.792. The highest BCUT2D eigenvalue weighted by Crippen LogP contribution is 2.39. The average Bonchev–Trinajstić information content (AvgIpc) is 3.14. The van der Waals surface area contributed by atoms with Crippen LogP contribution in [0.2, 0.25) is 0 Å². The zero-order valence-electron chi connectivity index (χ0n) is 13.0. The van der Waals surface area contributed by atoms with Gasteiger partial charge in [0, 0.05) is 10.9 Å². The standard InChI is InChI=1S/C16H28N2S/c1-6-11(3)10-16(7-2,18-14-8-9-14)15-17-12(4)13(5)19-15/h11,14,18H,6-10H2,1-5H3. The van der Waals surface area contributed by atoms with E-state index < -0.39 is 0 Å². The van der Waals surface area contributed by atoms with Crippen LogP contribution in [0.5, 0.6) is 0 Å². The predicted molar refractivity (Wildman–Crippen MR) is 83.8 cm³/mol. The van der Waals surface area contributed by atoms with Gasteiger partial charge in [-0.05, 0) is 45.4 Å². The largest absolute Gasteiger partial charge is 0.303 e. The van der Waals surface area contributed by atoms with Crippen LogP contribution in [0, 0.1) is 19.8 Å². The first kappa shape index (κ1) is 15.0. The van der Waals surface area contributed by atoms with E-state index in [1.54, 1.807) is 0 Å². The molecule has 0 spiro atoms. The minimum absolute atomic E-state index is 0.111. The maximum absolute atomic E-state index is 4.88. The Bertz CT molecular complexity index is 403. The van der Waals surface area contributed by atoms with Gasteiger partial charge in [-0.3, -0.25) is 0 Å². The second-order valence-corrected chi connectivity index (χ2v) is 7.44. The van der Waals surface area contributed by atoms with Crippen molar-refractivity contribution in [3.8, 4) is 0 Å². The van der Waals surface area contributed by atoms with Crippen LogP contribution >= 0.6 is 11.3 Å². The van der Waals surface area contributed by atoms with Crippen molar-refractivity contribution in [2.24, 2.45) is 5.92 Å². The fourth-order valence-corrected chi connectivity index (χ4v) is 3.79. The first-order valence-corrected chi connectivity index (χ1v) is 8.54. The molecule has 0 aromatic carbocycles. The van der Waals surface area contributed by atoms with Crippen LogP contribution in [0.3, 0.4) is 0 Å². The zero-order chi connectivity index (χ0) is 14.0. The van der Waals surface area contributed by atoms with Gasteiger partial charge in [0.25, 0.3) is 0 Å². The number of nitrogens with one attached hydrogen (secondary N) is 1. The predicted octanol–water partition coefficient (Wildman–Crippen LogP) is 4.55. The number of hydrogen-bond acceptors (Lipinski definition) is 3. The lowest BCUT2D eigenvalue weighted by atomic mass is 9.85. The maximum atomic E-state index is 4.88. The van der Waals surface area contributed by atoms with Crippen molar-refractivity contribution in [1.29, 1.82) is 0 Å². The molecule has 2 nitrogen and oxygen atoms in total. The molecule has 1 N–H and O–H groups in total. The van der Waals surface area contributed by atoms with Gasteiger partial charge >= 0.3 is 0 Å². The van der Waals surface area contributed by atoms with E-state index in [0.29, 0.717) is 0 Å². The second kappa shape index (κ2) is 5.92. The highest BCUT2D eigenvalue weighted by atomic mass is 32.1. The third kappa shape index (κ3) is 3.38. The number of aromatic nitrogens is 1. The minimum Gasteiger partial charge on any atom is -0.303 e. The van der Waals surface area contributed by atoms with Gasteiger partial charge in [0.2, 0.25) is 0 Å². The lowest BCUT2D eigenvalue weighted by Crippen LogP contribution is -2.44. The number of thiazole rings is 1. The number of hydrogen-bond donors (Lipinski definition) is 1. The molecule has 0 aliphatic heterocycles.